The molecule has 1 N–H and O–H groups in total. The van der Waals surface area contributed by atoms with Gasteiger partial charge in [-0.2, -0.15) is 13.2 Å². The first kappa shape index (κ1) is 43.0. The van der Waals surface area contributed by atoms with E-state index in [1.54, 1.807) is 24.3 Å². The maximum absolute atomic E-state index is 14.5. The van der Waals surface area contributed by atoms with Crippen LogP contribution < -0.4 is 15.1 Å². The molecule has 0 radical (unpaired) electrons. The van der Waals surface area contributed by atoms with Crippen molar-refractivity contribution in [3.63, 3.8) is 0 Å². The zero-order valence-electron chi connectivity index (χ0n) is 31.8. The van der Waals surface area contributed by atoms with Crippen LogP contribution in [-0.2, 0) is 55.6 Å². The number of nitrogens with one attached hydrogen (secondary N) is 1. The Hall–Kier alpha value is -5.74. The number of amides is 5. The normalized spacial score (nSPS) is 17.1. The highest BCUT2D eigenvalue weighted by Gasteiger charge is 2.44. The average Bonchev–Trinajstić information content (AvgIpc) is 3.07. The molecule has 2 aliphatic rings. The highest BCUT2D eigenvalue weighted by atomic mass is 19.4. The summed E-state index contributed by atoms with van der Waals surface area (Å²) in [5, 5.41) is 2.21. The van der Waals surface area contributed by atoms with E-state index < -0.39 is 88.6 Å². The van der Waals surface area contributed by atoms with Gasteiger partial charge in [0.1, 0.15) is 17.8 Å². The Morgan fingerprint density at radius 3 is 2.07 bits per heavy atom. The van der Waals surface area contributed by atoms with Crippen molar-refractivity contribution in [1.82, 2.24) is 4.90 Å². The molecule has 5 amide bonds. The van der Waals surface area contributed by atoms with E-state index in [4.69, 9.17) is 30.3 Å². The second-order valence-corrected chi connectivity index (χ2v) is 14.6. The molecule has 302 valence electrons. The minimum Gasteiger partial charge on any atom is -0.449 e. The lowest BCUT2D eigenvalue weighted by atomic mass is 10.0. The van der Waals surface area contributed by atoms with Crippen molar-refractivity contribution < 1.29 is 65.6 Å². The number of halogens is 3. The molecule has 56 heavy (non-hydrogen) atoms. The van der Waals surface area contributed by atoms with Gasteiger partial charge in [-0.05, 0) is 77.4 Å². The van der Waals surface area contributed by atoms with E-state index in [1.807, 2.05) is 0 Å². The molecule has 2 aliphatic heterocycles. The predicted octanol–water partition coefficient (Wildman–Crippen LogP) is 5.59. The summed E-state index contributed by atoms with van der Waals surface area (Å²) in [7, 11) is 0. The summed E-state index contributed by atoms with van der Waals surface area (Å²) in [6.07, 6.45) is -11.6. The van der Waals surface area contributed by atoms with Crippen LogP contribution in [-0.4, -0.2) is 97.1 Å². The number of carbonyl (C=O) groups excluding carboxylic acids is 6. The molecule has 2 atom stereocenters. The van der Waals surface area contributed by atoms with Crippen molar-refractivity contribution in [2.45, 2.75) is 84.6 Å². The van der Waals surface area contributed by atoms with Crippen LogP contribution in [0.25, 0.3) is 4.85 Å². The number of morpholine rings is 2. The van der Waals surface area contributed by atoms with Gasteiger partial charge < -0.3 is 38.8 Å². The summed E-state index contributed by atoms with van der Waals surface area (Å²) in [6.45, 7) is 16.8. The van der Waals surface area contributed by atoms with Gasteiger partial charge in [-0.25, -0.2) is 19.3 Å². The van der Waals surface area contributed by atoms with Gasteiger partial charge in [-0.15, -0.1) is 0 Å². The summed E-state index contributed by atoms with van der Waals surface area (Å²) in [4.78, 5) is 84.9. The fourth-order valence-electron chi connectivity index (χ4n) is 5.59. The predicted molar refractivity (Wildman–Crippen MR) is 192 cm³/mol. The van der Waals surface area contributed by atoms with Gasteiger partial charge in [0, 0.05) is 37.1 Å². The quantitative estimate of drug-likeness (QED) is 0.201. The zero-order valence-corrected chi connectivity index (χ0v) is 31.8. The van der Waals surface area contributed by atoms with E-state index in [1.165, 1.54) is 51.3 Å². The van der Waals surface area contributed by atoms with E-state index in [-0.39, 0.29) is 32.2 Å². The van der Waals surface area contributed by atoms with Crippen LogP contribution in [0.4, 0.5) is 45.5 Å². The van der Waals surface area contributed by atoms with Crippen LogP contribution in [0.3, 0.4) is 0 Å². The highest BCUT2D eigenvalue weighted by Crippen LogP contribution is 2.41. The number of ether oxygens (including phenoxy) is 5. The molecule has 0 unspecified atom stereocenters. The number of esters is 1. The monoisotopic (exact) mass is 789 g/mol. The molecule has 4 rings (SSSR count). The van der Waals surface area contributed by atoms with Gasteiger partial charge in [0.05, 0.1) is 31.9 Å². The van der Waals surface area contributed by atoms with Crippen LogP contribution in [0.15, 0.2) is 36.4 Å². The Kier molecular flexibility index (Phi) is 13.0. The van der Waals surface area contributed by atoms with Gasteiger partial charge in [0.25, 0.3) is 17.7 Å². The van der Waals surface area contributed by atoms with Crippen LogP contribution in [0.5, 0.6) is 0 Å². The van der Waals surface area contributed by atoms with E-state index in [0.717, 1.165) is 13.0 Å². The highest BCUT2D eigenvalue weighted by molar-refractivity contribution is 6.05. The molecule has 0 bridgehead atoms. The number of carbonyl (C=O) groups is 6. The molecular weight excluding hydrogens is 747 g/mol. The number of nitrogens with zero attached hydrogens (tertiary/aromatic N) is 4. The third-order valence-corrected chi connectivity index (χ3v) is 7.82. The number of benzene rings is 2. The van der Waals surface area contributed by atoms with Crippen LogP contribution in [0, 0.1) is 6.57 Å². The summed E-state index contributed by atoms with van der Waals surface area (Å²) in [5.74, 6) is -3.45. The number of anilines is 3. The topological polar surface area (TPSA) is 175 Å². The van der Waals surface area contributed by atoms with Crippen LogP contribution in [0.2, 0.25) is 0 Å². The largest absolute Gasteiger partial charge is 0.449 e. The van der Waals surface area contributed by atoms with Crippen molar-refractivity contribution in [2.75, 3.05) is 48.0 Å². The first-order valence-electron chi connectivity index (χ1n) is 17.2. The lowest BCUT2D eigenvalue weighted by Crippen LogP contribution is -2.56. The fourth-order valence-corrected chi connectivity index (χ4v) is 5.59. The Bertz CT molecular complexity index is 1890. The average molecular weight is 790 g/mol. The smallest absolute Gasteiger partial charge is 0.420 e. The van der Waals surface area contributed by atoms with Gasteiger partial charge in [-0.3, -0.25) is 19.2 Å². The molecule has 0 aromatic heterocycles. The molecule has 2 aromatic rings. The second kappa shape index (κ2) is 17.0. The molecule has 0 spiro atoms. The van der Waals surface area contributed by atoms with Gasteiger partial charge >= 0.3 is 24.3 Å². The van der Waals surface area contributed by atoms with Gasteiger partial charge in [0.2, 0.25) is 11.8 Å². The lowest BCUT2D eigenvalue weighted by Gasteiger charge is -2.36. The zero-order chi connectivity index (χ0) is 41.7. The summed E-state index contributed by atoms with van der Waals surface area (Å²) in [6, 6.07) is 7.78. The van der Waals surface area contributed by atoms with Crippen molar-refractivity contribution in [2.24, 2.45) is 0 Å². The number of alkyl halides is 3. The Labute approximate surface area is 320 Å². The summed E-state index contributed by atoms with van der Waals surface area (Å²) >= 11 is 0. The molecule has 0 saturated carbocycles. The van der Waals surface area contributed by atoms with Crippen LogP contribution >= 0.6 is 0 Å². The maximum Gasteiger partial charge on any atom is 0.420 e. The molecule has 2 heterocycles. The van der Waals surface area contributed by atoms with Crippen LogP contribution in [0.1, 0.15) is 59.6 Å². The first-order chi connectivity index (χ1) is 26.0. The van der Waals surface area contributed by atoms with Crippen molar-refractivity contribution >= 4 is 58.6 Å². The van der Waals surface area contributed by atoms with E-state index >= 15 is 0 Å². The number of imide groups is 1. The fraction of sp³-hybridized carbons (Fsp3) is 0.486. The molecule has 16 nitrogen and oxygen atoms in total. The number of hydrogen-bond donors (Lipinski definition) is 1. The SMILES string of the molecule is [C-]#[N+]c1c(CN(C(=O)OC(C)(C)C)C(=O)OC(C)(C)C)cc(NC(=O)[C@H](OC(C)=O)[C@H]2OCCN(c3cccc(N4CCOCC4=O)c3)C2=O)cc1C(F)(F)F. The summed E-state index contributed by atoms with van der Waals surface area (Å²) in [5.41, 5.74) is -5.19. The van der Waals surface area contributed by atoms with Crippen molar-refractivity contribution in [3.05, 3.63) is 58.9 Å². The Morgan fingerprint density at radius 1 is 0.946 bits per heavy atom. The molecule has 2 fully saturated rings. The van der Waals surface area contributed by atoms with Crippen molar-refractivity contribution in [1.29, 1.82) is 0 Å². The standard InChI is InChI=1S/C37H42F3N5O11/c1-21(46)54-29(30-32(49)44(13-15-53-30)25-11-9-10-24(18-25)43-12-14-52-20-27(43)47)31(48)42-23-16-22(28(41-8)26(17-23)37(38,39)40)19-45(33(50)55-35(2,3)4)34(51)56-36(5,6)7/h9-11,16-18,29-30H,12-15,19-20H2,1-7H3,(H,42,48)/t29-,30-/m1/s1. The van der Waals surface area contributed by atoms with E-state index in [0.29, 0.717) is 28.9 Å². The Morgan fingerprint density at radius 2 is 1.54 bits per heavy atom. The molecule has 19 heteroatoms. The summed E-state index contributed by atoms with van der Waals surface area (Å²) < 4.78 is 70.0. The number of rotatable bonds is 8. The second-order valence-electron chi connectivity index (χ2n) is 14.6. The molecular formula is C37H42F3N5O11. The molecule has 2 saturated heterocycles. The Balaban J connectivity index is 1.70. The molecule has 2 aromatic carbocycles. The minimum absolute atomic E-state index is 0.00750. The number of hydrogen-bond acceptors (Lipinski definition) is 11. The third-order valence-electron chi connectivity index (χ3n) is 7.82. The van der Waals surface area contributed by atoms with Gasteiger partial charge in [-0.1, -0.05) is 6.07 Å². The lowest BCUT2D eigenvalue weighted by molar-refractivity contribution is -0.167. The van der Waals surface area contributed by atoms with Crippen molar-refractivity contribution in [3.8, 4) is 0 Å². The maximum atomic E-state index is 14.5. The van der Waals surface area contributed by atoms with E-state index in [9.17, 15) is 41.9 Å². The third kappa shape index (κ3) is 10.9. The minimum atomic E-state index is -5.18. The van der Waals surface area contributed by atoms with E-state index in [2.05, 4.69) is 10.2 Å². The molecule has 0 aliphatic carbocycles. The first-order valence-corrected chi connectivity index (χ1v) is 17.2. The van der Waals surface area contributed by atoms with Gasteiger partial charge in [0.15, 0.2) is 6.10 Å².